The number of amides is 2. The fraction of sp³-hybridized carbons (Fsp3) is 0.300. The first-order valence-corrected chi connectivity index (χ1v) is 9.43. The van der Waals surface area contributed by atoms with Crippen LogP contribution in [0.4, 0.5) is 0 Å². The zero-order valence-electron chi connectivity index (χ0n) is 16.9. The molecule has 4 N–H and O–H groups in total. The molecule has 1 aliphatic rings. The van der Waals surface area contributed by atoms with Crippen LogP contribution in [0.3, 0.4) is 0 Å². The summed E-state index contributed by atoms with van der Waals surface area (Å²) < 4.78 is 0. The van der Waals surface area contributed by atoms with Gasteiger partial charge < -0.3 is 10.2 Å². The van der Waals surface area contributed by atoms with Crippen molar-refractivity contribution in [3.8, 4) is 0 Å². The summed E-state index contributed by atoms with van der Waals surface area (Å²) in [6, 6.07) is 6.01. The van der Waals surface area contributed by atoms with Crippen molar-refractivity contribution in [1.29, 1.82) is 0 Å². The molecule has 1 aromatic carbocycles. The maximum atomic E-state index is 13.1. The summed E-state index contributed by atoms with van der Waals surface area (Å²) in [5.74, 6) is -5.27. The minimum absolute atomic E-state index is 0.0181. The van der Waals surface area contributed by atoms with Crippen LogP contribution in [0.5, 0.6) is 0 Å². The van der Waals surface area contributed by atoms with Gasteiger partial charge in [-0.2, -0.15) is 0 Å². The molecule has 11 heteroatoms. The van der Waals surface area contributed by atoms with Gasteiger partial charge in [0, 0.05) is 22.6 Å². The van der Waals surface area contributed by atoms with E-state index in [-0.39, 0.29) is 33.9 Å². The van der Waals surface area contributed by atoms with Crippen LogP contribution in [-0.4, -0.2) is 47.7 Å². The molecule has 1 unspecified atom stereocenters. The lowest BCUT2D eigenvalue weighted by Gasteiger charge is -2.37. The summed E-state index contributed by atoms with van der Waals surface area (Å²) >= 11 is 6.31. The second-order valence-corrected chi connectivity index (χ2v) is 6.93. The van der Waals surface area contributed by atoms with Gasteiger partial charge >= 0.3 is 11.9 Å². The summed E-state index contributed by atoms with van der Waals surface area (Å²) in [5.41, 5.74) is 0.546. The number of hydroxylamine groups is 2. The number of carboxylic acids is 2. The highest BCUT2D eigenvalue weighted by atomic mass is 35.5. The second-order valence-electron chi connectivity index (χ2n) is 6.53. The topological polar surface area (TPSA) is 151 Å². The number of nitrogens with one attached hydrogen (secondary N) is 2. The summed E-state index contributed by atoms with van der Waals surface area (Å²) in [6.45, 7) is 2.92. The molecule has 0 bridgehead atoms. The van der Waals surface area contributed by atoms with E-state index in [0.29, 0.717) is 0 Å². The first-order valence-electron chi connectivity index (χ1n) is 9.05. The molecule has 0 heterocycles. The lowest BCUT2D eigenvalue weighted by Crippen LogP contribution is -2.50. The number of halogens is 1. The van der Waals surface area contributed by atoms with E-state index in [2.05, 4.69) is 10.3 Å². The number of rotatable bonds is 8. The first-order chi connectivity index (χ1) is 14.6. The molecule has 31 heavy (non-hydrogen) atoms. The van der Waals surface area contributed by atoms with Gasteiger partial charge in [0.2, 0.25) is 0 Å². The standard InChI is InChI=1S/C20H21ClN2O8/c1-4-31-23-18(27)20(19(28)29)9-12(17(25)26)10(2)14(16(24)22-30-3)15(20)11-7-5-6-8-13(11)21/h5-8H,4,9H2,1-3H3,(H,22,24)(H,23,27)(H,25,26)(H,28,29). The molecule has 1 aliphatic carbocycles. The molecule has 0 fully saturated rings. The summed E-state index contributed by atoms with van der Waals surface area (Å²) in [4.78, 5) is 60.1. The van der Waals surface area contributed by atoms with Crippen LogP contribution in [0, 0.1) is 5.41 Å². The van der Waals surface area contributed by atoms with E-state index in [4.69, 9.17) is 16.4 Å². The quantitative estimate of drug-likeness (QED) is 0.343. The maximum absolute atomic E-state index is 13.1. The average molecular weight is 453 g/mol. The summed E-state index contributed by atoms with van der Waals surface area (Å²) in [5, 5.41) is 20.0. The van der Waals surface area contributed by atoms with Gasteiger partial charge in [0.1, 0.15) is 0 Å². The van der Waals surface area contributed by atoms with Gasteiger partial charge in [-0.25, -0.2) is 15.8 Å². The third-order valence-electron chi connectivity index (χ3n) is 4.83. The molecule has 10 nitrogen and oxygen atoms in total. The number of benzene rings is 1. The van der Waals surface area contributed by atoms with E-state index < -0.39 is 41.2 Å². The van der Waals surface area contributed by atoms with Gasteiger partial charge in [-0.05, 0) is 31.1 Å². The van der Waals surface area contributed by atoms with Crippen LogP contribution in [0.15, 0.2) is 41.0 Å². The normalized spacial score (nSPS) is 18.6. The Morgan fingerprint density at radius 1 is 1.16 bits per heavy atom. The Balaban J connectivity index is 3.05. The van der Waals surface area contributed by atoms with Crippen molar-refractivity contribution < 1.29 is 39.1 Å². The Bertz CT molecular complexity index is 1000. The zero-order valence-corrected chi connectivity index (χ0v) is 17.7. The van der Waals surface area contributed by atoms with E-state index in [9.17, 15) is 29.4 Å². The SMILES string of the molecule is CCONC(=O)C1(C(=O)O)CC(C(=O)O)=C(C)C(C(=O)NOC)=C1c1ccccc1Cl. The van der Waals surface area contributed by atoms with Crippen molar-refractivity contribution in [3.63, 3.8) is 0 Å². The number of aliphatic carboxylic acids is 2. The number of carboxylic acid groups (broad SMARTS) is 2. The van der Waals surface area contributed by atoms with Gasteiger partial charge in [0.15, 0.2) is 5.41 Å². The molecule has 0 saturated heterocycles. The number of hydrogen-bond donors (Lipinski definition) is 4. The van der Waals surface area contributed by atoms with Crippen LogP contribution < -0.4 is 11.0 Å². The molecule has 2 rings (SSSR count). The van der Waals surface area contributed by atoms with Gasteiger partial charge in [-0.1, -0.05) is 29.8 Å². The fourth-order valence-electron chi connectivity index (χ4n) is 3.43. The van der Waals surface area contributed by atoms with E-state index in [0.717, 1.165) is 7.11 Å². The number of carbonyl (C=O) groups is 4. The highest BCUT2D eigenvalue weighted by molar-refractivity contribution is 6.34. The van der Waals surface area contributed by atoms with Crippen LogP contribution in [0.2, 0.25) is 5.02 Å². The van der Waals surface area contributed by atoms with Crippen molar-refractivity contribution in [1.82, 2.24) is 11.0 Å². The van der Waals surface area contributed by atoms with Crippen molar-refractivity contribution >= 4 is 40.9 Å². The molecule has 0 spiro atoms. The van der Waals surface area contributed by atoms with Crippen molar-refractivity contribution in [3.05, 3.63) is 51.6 Å². The minimum Gasteiger partial charge on any atom is -0.480 e. The predicted octanol–water partition coefficient (Wildman–Crippen LogP) is 1.71. The van der Waals surface area contributed by atoms with E-state index in [1.54, 1.807) is 19.1 Å². The van der Waals surface area contributed by atoms with Crippen LogP contribution in [0.1, 0.15) is 25.8 Å². The molecular formula is C20H21ClN2O8. The Morgan fingerprint density at radius 2 is 1.81 bits per heavy atom. The number of hydrogen-bond acceptors (Lipinski definition) is 6. The molecule has 0 radical (unpaired) electrons. The van der Waals surface area contributed by atoms with Crippen LogP contribution in [-0.2, 0) is 28.9 Å². The molecule has 166 valence electrons. The highest BCUT2D eigenvalue weighted by Gasteiger charge is 2.56. The Kier molecular flexibility index (Phi) is 7.55. The van der Waals surface area contributed by atoms with Crippen molar-refractivity contribution in [2.45, 2.75) is 20.3 Å². The molecule has 1 aromatic rings. The summed E-state index contributed by atoms with van der Waals surface area (Å²) in [7, 11) is 1.15. The van der Waals surface area contributed by atoms with E-state index in [1.165, 1.54) is 19.1 Å². The minimum atomic E-state index is -2.53. The monoisotopic (exact) mass is 452 g/mol. The molecule has 0 aromatic heterocycles. The third kappa shape index (κ3) is 4.31. The zero-order chi connectivity index (χ0) is 23.3. The Hall–Kier alpha value is -3.21. The second kappa shape index (κ2) is 9.73. The lowest BCUT2D eigenvalue weighted by molar-refractivity contribution is -0.157. The maximum Gasteiger partial charge on any atom is 0.331 e. The van der Waals surface area contributed by atoms with E-state index in [1.807, 2.05) is 5.48 Å². The van der Waals surface area contributed by atoms with Gasteiger partial charge in [0.05, 0.1) is 19.3 Å². The van der Waals surface area contributed by atoms with Crippen LogP contribution >= 0.6 is 11.6 Å². The smallest absolute Gasteiger partial charge is 0.331 e. The van der Waals surface area contributed by atoms with Crippen molar-refractivity contribution in [2.75, 3.05) is 13.7 Å². The average Bonchev–Trinajstić information content (AvgIpc) is 2.71. The molecule has 1 atom stereocenters. The van der Waals surface area contributed by atoms with Gasteiger partial charge in [-0.3, -0.25) is 24.1 Å². The molecule has 2 amide bonds. The molecular weight excluding hydrogens is 432 g/mol. The predicted molar refractivity (Wildman–Crippen MR) is 108 cm³/mol. The fourth-order valence-corrected chi connectivity index (χ4v) is 3.66. The molecule has 0 saturated carbocycles. The lowest BCUT2D eigenvalue weighted by atomic mass is 9.64. The van der Waals surface area contributed by atoms with Crippen LogP contribution in [0.25, 0.3) is 5.57 Å². The van der Waals surface area contributed by atoms with E-state index >= 15 is 0 Å². The largest absolute Gasteiger partial charge is 0.480 e. The summed E-state index contributed by atoms with van der Waals surface area (Å²) in [6.07, 6.45) is -0.743. The first kappa shape index (κ1) is 24.1. The number of carbonyl (C=O) groups excluding carboxylic acids is 2. The Labute approximate surface area is 182 Å². The third-order valence-corrected chi connectivity index (χ3v) is 5.16. The van der Waals surface area contributed by atoms with Crippen molar-refractivity contribution in [2.24, 2.45) is 5.41 Å². The van der Waals surface area contributed by atoms with Gasteiger partial charge in [0.25, 0.3) is 11.8 Å². The highest BCUT2D eigenvalue weighted by Crippen LogP contribution is 2.50. The van der Waals surface area contributed by atoms with Gasteiger partial charge in [-0.15, -0.1) is 0 Å². The molecule has 0 aliphatic heterocycles. The Morgan fingerprint density at radius 3 is 2.32 bits per heavy atom.